The molecule has 3 rings (SSSR count). The van der Waals surface area contributed by atoms with Crippen molar-refractivity contribution in [3.8, 4) is 17.2 Å². The summed E-state index contributed by atoms with van der Waals surface area (Å²) in [6.07, 6.45) is 2.26. The van der Waals surface area contributed by atoms with Crippen LogP contribution >= 0.6 is 11.3 Å². The summed E-state index contributed by atoms with van der Waals surface area (Å²) in [6.45, 7) is 2.11. The molecule has 2 aromatic rings. The van der Waals surface area contributed by atoms with Crippen LogP contribution in [0.1, 0.15) is 29.2 Å². The Bertz CT molecular complexity index is 589. The van der Waals surface area contributed by atoms with E-state index in [1.165, 1.54) is 16.7 Å². The molecule has 0 spiro atoms. The van der Waals surface area contributed by atoms with Crippen molar-refractivity contribution in [2.24, 2.45) is 0 Å². The second-order valence-corrected chi connectivity index (χ2v) is 5.77. The van der Waals surface area contributed by atoms with E-state index in [0.717, 1.165) is 30.8 Å². The van der Waals surface area contributed by atoms with Crippen LogP contribution in [-0.4, -0.2) is 13.1 Å². The Morgan fingerprint density at radius 1 is 1.16 bits per heavy atom. The Morgan fingerprint density at radius 3 is 2.58 bits per heavy atom. The average molecular weight is 268 g/mol. The second-order valence-electron chi connectivity index (χ2n) is 4.89. The highest BCUT2D eigenvalue weighted by atomic mass is 32.1. The van der Waals surface area contributed by atoms with E-state index >= 15 is 0 Å². The lowest BCUT2D eigenvalue weighted by molar-refractivity contribution is 0.461. The van der Waals surface area contributed by atoms with E-state index in [9.17, 15) is 5.26 Å². The zero-order valence-corrected chi connectivity index (χ0v) is 11.5. The van der Waals surface area contributed by atoms with E-state index in [0.29, 0.717) is 5.92 Å². The summed E-state index contributed by atoms with van der Waals surface area (Å²) in [5, 5.41) is 14.9. The maximum absolute atomic E-state index is 9.35. The highest BCUT2D eigenvalue weighted by Crippen LogP contribution is 2.39. The molecule has 3 heteroatoms. The van der Waals surface area contributed by atoms with E-state index in [4.69, 9.17) is 0 Å². The molecule has 1 saturated heterocycles. The van der Waals surface area contributed by atoms with E-state index in [-0.39, 0.29) is 0 Å². The molecule has 1 N–H and O–H groups in total. The SMILES string of the molecule is N#Cc1scc(-c2ccccc2)c1C1CCNCC1. The van der Waals surface area contributed by atoms with Gasteiger partial charge >= 0.3 is 0 Å². The normalized spacial score (nSPS) is 16.2. The summed E-state index contributed by atoms with van der Waals surface area (Å²) < 4.78 is 0. The van der Waals surface area contributed by atoms with Gasteiger partial charge in [0, 0.05) is 5.38 Å². The van der Waals surface area contributed by atoms with E-state index in [1.807, 2.05) is 6.07 Å². The third kappa shape index (κ3) is 2.42. The van der Waals surface area contributed by atoms with Crippen molar-refractivity contribution in [2.75, 3.05) is 13.1 Å². The minimum Gasteiger partial charge on any atom is -0.317 e. The molecule has 1 aromatic carbocycles. The van der Waals surface area contributed by atoms with Gasteiger partial charge in [0.25, 0.3) is 0 Å². The lowest BCUT2D eigenvalue weighted by Gasteiger charge is -2.23. The standard InChI is InChI=1S/C16H16N2S/c17-10-15-16(13-6-8-18-9-7-13)14(11-19-15)12-4-2-1-3-5-12/h1-5,11,13,18H,6-9H2. The molecule has 0 saturated carbocycles. The zero-order chi connectivity index (χ0) is 13.1. The molecule has 0 aliphatic carbocycles. The maximum Gasteiger partial charge on any atom is 0.110 e. The largest absolute Gasteiger partial charge is 0.317 e. The predicted molar refractivity (Wildman–Crippen MR) is 79.3 cm³/mol. The van der Waals surface area contributed by atoms with Gasteiger partial charge in [-0.3, -0.25) is 0 Å². The van der Waals surface area contributed by atoms with Crippen molar-refractivity contribution >= 4 is 11.3 Å². The quantitative estimate of drug-likeness (QED) is 0.900. The highest BCUT2D eigenvalue weighted by molar-refractivity contribution is 7.11. The molecule has 96 valence electrons. The van der Waals surface area contributed by atoms with Gasteiger partial charge in [0.2, 0.25) is 0 Å². The summed E-state index contributed by atoms with van der Waals surface area (Å²) in [5.74, 6) is 0.525. The summed E-state index contributed by atoms with van der Waals surface area (Å²) in [4.78, 5) is 0.894. The van der Waals surface area contributed by atoms with Gasteiger partial charge < -0.3 is 5.32 Å². The molecule has 0 unspecified atom stereocenters. The molecular weight excluding hydrogens is 252 g/mol. The van der Waals surface area contributed by atoms with Crippen molar-refractivity contribution in [3.63, 3.8) is 0 Å². The zero-order valence-electron chi connectivity index (χ0n) is 10.7. The predicted octanol–water partition coefficient (Wildman–Crippen LogP) is 3.75. The Balaban J connectivity index is 2.06. The summed E-state index contributed by atoms with van der Waals surface area (Å²) in [5.41, 5.74) is 3.77. The van der Waals surface area contributed by atoms with Crippen LogP contribution in [0, 0.1) is 11.3 Å². The van der Waals surface area contributed by atoms with Crippen LogP contribution in [0.2, 0.25) is 0 Å². The van der Waals surface area contributed by atoms with Crippen molar-refractivity contribution in [1.29, 1.82) is 5.26 Å². The fourth-order valence-corrected chi connectivity index (χ4v) is 3.77. The van der Waals surface area contributed by atoms with Gasteiger partial charge in [-0.2, -0.15) is 5.26 Å². The topological polar surface area (TPSA) is 35.8 Å². The molecule has 0 bridgehead atoms. The number of nitrogens with one attached hydrogen (secondary N) is 1. The van der Waals surface area contributed by atoms with Crippen LogP contribution in [0.5, 0.6) is 0 Å². The van der Waals surface area contributed by atoms with E-state index in [2.05, 4.69) is 41.0 Å². The van der Waals surface area contributed by atoms with Crippen LogP contribution in [0.15, 0.2) is 35.7 Å². The molecule has 2 heterocycles. The van der Waals surface area contributed by atoms with E-state index < -0.39 is 0 Å². The first kappa shape index (κ1) is 12.4. The number of thiophene rings is 1. The van der Waals surface area contributed by atoms with Gasteiger partial charge in [0.1, 0.15) is 10.9 Å². The Kier molecular flexibility index (Phi) is 3.63. The number of nitriles is 1. The molecule has 0 radical (unpaired) electrons. The Hall–Kier alpha value is -1.63. The Labute approximate surface area is 117 Å². The first-order valence-corrected chi connectivity index (χ1v) is 7.55. The van der Waals surface area contributed by atoms with Gasteiger partial charge in [-0.05, 0) is 48.5 Å². The van der Waals surface area contributed by atoms with Crippen molar-refractivity contribution < 1.29 is 0 Å². The average Bonchev–Trinajstić information content (AvgIpc) is 2.93. The van der Waals surface area contributed by atoms with Crippen LogP contribution < -0.4 is 5.32 Å². The van der Waals surface area contributed by atoms with Crippen LogP contribution in [0.25, 0.3) is 11.1 Å². The third-order valence-corrected chi connectivity index (χ3v) is 4.66. The Morgan fingerprint density at radius 2 is 1.89 bits per heavy atom. The molecule has 1 aliphatic rings. The van der Waals surface area contributed by atoms with Gasteiger partial charge in [-0.1, -0.05) is 30.3 Å². The van der Waals surface area contributed by atoms with Gasteiger partial charge in [0.05, 0.1) is 0 Å². The van der Waals surface area contributed by atoms with Gasteiger partial charge in [0.15, 0.2) is 0 Å². The number of nitrogens with zero attached hydrogens (tertiary/aromatic N) is 1. The summed E-state index contributed by atoms with van der Waals surface area (Å²) in [6, 6.07) is 12.8. The number of hydrogen-bond donors (Lipinski definition) is 1. The summed E-state index contributed by atoms with van der Waals surface area (Å²) in [7, 11) is 0. The number of hydrogen-bond acceptors (Lipinski definition) is 3. The fraction of sp³-hybridized carbons (Fsp3) is 0.312. The number of rotatable bonds is 2. The van der Waals surface area contributed by atoms with Crippen molar-refractivity contribution in [1.82, 2.24) is 5.32 Å². The van der Waals surface area contributed by atoms with E-state index in [1.54, 1.807) is 11.3 Å². The molecule has 0 amide bonds. The van der Waals surface area contributed by atoms with Crippen molar-refractivity contribution in [3.05, 3.63) is 46.2 Å². The smallest absolute Gasteiger partial charge is 0.110 e. The summed E-state index contributed by atoms with van der Waals surface area (Å²) >= 11 is 1.58. The van der Waals surface area contributed by atoms with Gasteiger partial charge in [-0.25, -0.2) is 0 Å². The number of benzene rings is 1. The first-order valence-electron chi connectivity index (χ1n) is 6.68. The first-order chi connectivity index (χ1) is 9.40. The monoisotopic (exact) mass is 268 g/mol. The highest BCUT2D eigenvalue weighted by Gasteiger charge is 2.23. The second kappa shape index (κ2) is 5.56. The molecule has 2 nitrogen and oxygen atoms in total. The fourth-order valence-electron chi connectivity index (χ4n) is 2.81. The van der Waals surface area contributed by atoms with Crippen LogP contribution in [0.3, 0.4) is 0 Å². The molecular formula is C16H16N2S. The van der Waals surface area contributed by atoms with Gasteiger partial charge in [-0.15, -0.1) is 11.3 Å². The minimum absolute atomic E-state index is 0.525. The lowest BCUT2D eigenvalue weighted by Crippen LogP contribution is -2.26. The molecule has 19 heavy (non-hydrogen) atoms. The molecule has 1 fully saturated rings. The number of piperidine rings is 1. The third-order valence-electron chi connectivity index (χ3n) is 3.76. The maximum atomic E-state index is 9.35. The lowest BCUT2D eigenvalue weighted by atomic mass is 9.86. The van der Waals surface area contributed by atoms with Crippen LogP contribution in [-0.2, 0) is 0 Å². The molecule has 0 atom stereocenters. The minimum atomic E-state index is 0.525. The molecule has 1 aromatic heterocycles. The van der Waals surface area contributed by atoms with Crippen molar-refractivity contribution in [2.45, 2.75) is 18.8 Å². The molecule has 1 aliphatic heterocycles. The van der Waals surface area contributed by atoms with Crippen LogP contribution in [0.4, 0.5) is 0 Å².